The van der Waals surface area contributed by atoms with Crippen molar-refractivity contribution in [2.24, 2.45) is 0 Å². The summed E-state index contributed by atoms with van der Waals surface area (Å²) in [5, 5.41) is 7.73. The number of hydrogen-bond acceptors (Lipinski definition) is 4. The van der Waals surface area contributed by atoms with E-state index in [9.17, 15) is 14.4 Å². The lowest BCUT2D eigenvalue weighted by atomic mass is 10.1. The van der Waals surface area contributed by atoms with Crippen molar-refractivity contribution in [3.05, 3.63) is 111 Å². The van der Waals surface area contributed by atoms with Crippen LogP contribution in [-0.2, 0) is 9.59 Å². The molecule has 1 heterocycles. The minimum absolute atomic E-state index is 0.0631. The van der Waals surface area contributed by atoms with E-state index in [4.69, 9.17) is 34.8 Å². The minimum Gasteiger partial charge on any atom is -0.350 e. The number of hydrogen-bond donors (Lipinski definition) is 2. The van der Waals surface area contributed by atoms with Gasteiger partial charge in [-0.25, -0.2) is 4.90 Å². The third-order valence-corrected chi connectivity index (χ3v) is 6.81. The molecule has 178 valence electrons. The highest BCUT2D eigenvalue weighted by molar-refractivity contribution is 6.54. The van der Waals surface area contributed by atoms with Crippen LogP contribution in [0, 0.1) is 0 Å². The van der Waals surface area contributed by atoms with Crippen LogP contribution in [0.2, 0.25) is 10.0 Å². The Balaban J connectivity index is 1.33. The van der Waals surface area contributed by atoms with Gasteiger partial charge in [0.25, 0.3) is 17.7 Å². The van der Waals surface area contributed by atoms with Crippen molar-refractivity contribution < 1.29 is 14.4 Å². The Morgan fingerprint density at radius 1 is 0.750 bits per heavy atom. The van der Waals surface area contributed by atoms with Gasteiger partial charge >= 0.3 is 0 Å². The predicted octanol–water partition coefficient (Wildman–Crippen LogP) is 6.83. The lowest BCUT2D eigenvalue weighted by Gasteiger charge is -2.17. The smallest absolute Gasteiger partial charge is 0.283 e. The summed E-state index contributed by atoms with van der Waals surface area (Å²) in [6.45, 7) is 0. The second kappa shape index (κ2) is 9.66. The molecular formula is C27H16Cl3N3O3. The number of rotatable bonds is 5. The largest absolute Gasteiger partial charge is 0.350 e. The van der Waals surface area contributed by atoms with Crippen LogP contribution in [0.25, 0.3) is 10.8 Å². The maximum Gasteiger partial charge on any atom is 0.283 e. The third-order valence-electron chi connectivity index (χ3n) is 5.65. The average molecular weight is 537 g/mol. The molecular weight excluding hydrogens is 521 g/mol. The van der Waals surface area contributed by atoms with Gasteiger partial charge in [0.2, 0.25) is 0 Å². The normalized spacial score (nSPS) is 13.5. The molecule has 1 aliphatic rings. The molecule has 0 saturated heterocycles. The Morgan fingerprint density at radius 3 is 2.22 bits per heavy atom. The van der Waals surface area contributed by atoms with Crippen molar-refractivity contribution in [1.82, 2.24) is 0 Å². The number of carbonyl (C=O) groups excluding carboxylic acids is 3. The lowest BCUT2D eigenvalue weighted by molar-refractivity contribution is -0.120. The van der Waals surface area contributed by atoms with E-state index in [2.05, 4.69) is 10.6 Å². The zero-order valence-electron chi connectivity index (χ0n) is 18.4. The van der Waals surface area contributed by atoms with Crippen LogP contribution in [-0.4, -0.2) is 17.7 Å². The first-order valence-corrected chi connectivity index (χ1v) is 11.9. The van der Waals surface area contributed by atoms with Crippen molar-refractivity contribution in [3.8, 4) is 0 Å². The highest BCUT2D eigenvalue weighted by Gasteiger charge is 2.40. The second-order valence-corrected chi connectivity index (χ2v) is 9.05. The molecule has 0 saturated carbocycles. The maximum atomic E-state index is 13.0. The summed E-state index contributed by atoms with van der Waals surface area (Å²) in [5.74, 6) is -1.68. The van der Waals surface area contributed by atoms with Crippen LogP contribution >= 0.6 is 34.8 Å². The van der Waals surface area contributed by atoms with E-state index in [1.54, 1.807) is 36.4 Å². The highest BCUT2D eigenvalue weighted by atomic mass is 35.5. The molecule has 0 bridgehead atoms. The van der Waals surface area contributed by atoms with E-state index >= 15 is 0 Å². The molecule has 0 aromatic heterocycles. The summed E-state index contributed by atoms with van der Waals surface area (Å²) in [6.07, 6.45) is 0. The van der Waals surface area contributed by atoms with Crippen LogP contribution in [0.3, 0.4) is 0 Å². The molecule has 0 unspecified atom stereocenters. The molecule has 0 atom stereocenters. The number of carbonyl (C=O) groups is 3. The van der Waals surface area contributed by atoms with Gasteiger partial charge in [-0.15, -0.1) is 0 Å². The van der Waals surface area contributed by atoms with E-state index in [1.165, 1.54) is 6.07 Å². The number of anilines is 3. The van der Waals surface area contributed by atoms with Gasteiger partial charge in [0.05, 0.1) is 15.7 Å². The number of nitrogens with one attached hydrogen (secondary N) is 2. The Bertz CT molecular complexity index is 1580. The first-order chi connectivity index (χ1) is 17.3. The molecule has 3 amide bonds. The van der Waals surface area contributed by atoms with Crippen molar-refractivity contribution in [2.45, 2.75) is 0 Å². The average Bonchev–Trinajstić information content (AvgIpc) is 3.09. The molecule has 0 fully saturated rings. The molecule has 4 aromatic rings. The minimum atomic E-state index is -0.723. The fraction of sp³-hybridized carbons (Fsp3) is 0. The number of imide groups is 1. The molecule has 0 spiro atoms. The summed E-state index contributed by atoms with van der Waals surface area (Å²) < 4.78 is 0. The van der Waals surface area contributed by atoms with E-state index in [0.717, 1.165) is 15.7 Å². The van der Waals surface area contributed by atoms with Crippen LogP contribution in [0.4, 0.5) is 17.1 Å². The number of amides is 3. The Labute approximate surface area is 221 Å². The van der Waals surface area contributed by atoms with Crippen LogP contribution < -0.4 is 15.5 Å². The van der Waals surface area contributed by atoms with E-state index in [1.807, 2.05) is 42.5 Å². The Hall–Kier alpha value is -3.84. The van der Waals surface area contributed by atoms with Crippen molar-refractivity contribution in [1.29, 1.82) is 0 Å². The molecule has 9 heteroatoms. The number of halogens is 3. The van der Waals surface area contributed by atoms with Gasteiger partial charge in [-0.05, 0) is 47.9 Å². The number of fused-ring (bicyclic) bond motifs is 1. The SMILES string of the molecule is O=C(Nc1cccc2ccccc12)c1ccc(NC2=C(Cl)C(=O)N(c3cccc(Cl)c3Cl)C2=O)cc1. The van der Waals surface area contributed by atoms with Crippen molar-refractivity contribution in [2.75, 3.05) is 15.5 Å². The first-order valence-electron chi connectivity index (χ1n) is 10.7. The van der Waals surface area contributed by atoms with Gasteiger partial charge in [0.1, 0.15) is 10.7 Å². The van der Waals surface area contributed by atoms with Crippen LogP contribution in [0.1, 0.15) is 10.4 Å². The van der Waals surface area contributed by atoms with Gasteiger partial charge in [-0.2, -0.15) is 0 Å². The lowest BCUT2D eigenvalue weighted by Crippen LogP contribution is -2.32. The molecule has 6 nitrogen and oxygen atoms in total. The molecule has 4 aromatic carbocycles. The summed E-state index contributed by atoms with van der Waals surface area (Å²) in [6, 6.07) is 24.5. The highest BCUT2D eigenvalue weighted by Crippen LogP contribution is 2.37. The van der Waals surface area contributed by atoms with Crippen LogP contribution in [0.5, 0.6) is 0 Å². The first kappa shape index (κ1) is 23.9. The van der Waals surface area contributed by atoms with Crippen molar-refractivity contribution >= 4 is 80.4 Å². The summed E-state index contributed by atoms with van der Waals surface area (Å²) >= 11 is 18.4. The molecule has 1 aliphatic heterocycles. The standard InChI is InChI=1S/C27H16Cl3N3O3/c28-19-8-4-10-21(22(19)29)33-26(35)23(30)24(27(33)36)31-17-13-11-16(12-14-17)25(34)32-20-9-3-6-15-5-1-2-7-18(15)20/h1-14,31H,(H,32,34). The molecule has 36 heavy (non-hydrogen) atoms. The summed E-state index contributed by atoms with van der Waals surface area (Å²) in [5.41, 5.74) is 1.60. The predicted molar refractivity (Wildman–Crippen MR) is 144 cm³/mol. The molecule has 0 aliphatic carbocycles. The Kier molecular flexibility index (Phi) is 6.41. The maximum absolute atomic E-state index is 13.0. The van der Waals surface area contributed by atoms with E-state index in [-0.39, 0.29) is 32.4 Å². The zero-order chi connectivity index (χ0) is 25.4. The Morgan fingerprint density at radius 2 is 1.44 bits per heavy atom. The van der Waals surface area contributed by atoms with Crippen molar-refractivity contribution in [3.63, 3.8) is 0 Å². The number of benzene rings is 4. The summed E-state index contributed by atoms with van der Waals surface area (Å²) in [7, 11) is 0. The topological polar surface area (TPSA) is 78.5 Å². The monoisotopic (exact) mass is 535 g/mol. The van der Waals surface area contributed by atoms with Gasteiger partial charge in [-0.1, -0.05) is 77.3 Å². The van der Waals surface area contributed by atoms with E-state index in [0.29, 0.717) is 16.9 Å². The molecule has 2 N–H and O–H groups in total. The van der Waals surface area contributed by atoms with Gasteiger partial charge in [0.15, 0.2) is 0 Å². The van der Waals surface area contributed by atoms with Crippen LogP contribution in [0.15, 0.2) is 95.7 Å². The molecule has 5 rings (SSSR count). The van der Waals surface area contributed by atoms with Gasteiger partial charge in [-0.3, -0.25) is 14.4 Å². The zero-order valence-corrected chi connectivity index (χ0v) is 20.7. The van der Waals surface area contributed by atoms with Gasteiger partial charge in [0, 0.05) is 22.3 Å². The quantitative estimate of drug-likeness (QED) is 0.274. The van der Waals surface area contributed by atoms with Gasteiger partial charge < -0.3 is 10.6 Å². The fourth-order valence-electron chi connectivity index (χ4n) is 3.87. The summed E-state index contributed by atoms with van der Waals surface area (Å²) in [4.78, 5) is 39.4. The second-order valence-electron chi connectivity index (χ2n) is 7.89. The molecule has 0 radical (unpaired) electrons. The third kappa shape index (κ3) is 4.31. The number of nitrogens with zero attached hydrogens (tertiary/aromatic N) is 1. The van der Waals surface area contributed by atoms with E-state index < -0.39 is 11.8 Å². The fourth-order valence-corrected chi connectivity index (χ4v) is 4.47.